The van der Waals surface area contributed by atoms with Crippen LogP contribution in [0.2, 0.25) is 0 Å². The van der Waals surface area contributed by atoms with Gasteiger partial charge in [0.05, 0.1) is 23.9 Å². The molecule has 2 heterocycles. The average molecular weight is 334 g/mol. The molecule has 0 saturated heterocycles. The number of benzene rings is 2. The van der Waals surface area contributed by atoms with E-state index in [0.717, 1.165) is 12.1 Å². The first-order valence-electron chi connectivity index (χ1n) is 8.87. The van der Waals surface area contributed by atoms with Crippen LogP contribution in [0.3, 0.4) is 0 Å². The molecular weight excluding hydrogens is 308 g/mol. The molecule has 2 aromatic carbocycles. The molecule has 3 nitrogen and oxygen atoms in total. The normalized spacial score (nSPS) is 17.8. The van der Waals surface area contributed by atoms with Gasteiger partial charge < -0.3 is 0 Å². The molecule has 1 aliphatic heterocycles. The van der Waals surface area contributed by atoms with Gasteiger partial charge in [0, 0.05) is 17.0 Å². The van der Waals surface area contributed by atoms with Gasteiger partial charge in [0.15, 0.2) is 0 Å². The Morgan fingerprint density at radius 3 is 2.44 bits per heavy atom. The zero-order chi connectivity index (χ0) is 17.9. The number of hydrogen-bond acceptors (Lipinski definition) is 3. The standard InChI is InChI=1S/C13H19NO.C9H7N/c1-5-15-14-10(2)13(3,4)11-8-6-7-9-12(11)14;1-2-6-9-8(4-1)5-3-7-10-9/h6-10H,5H2,1-4H3;1-7H. The third kappa shape index (κ3) is 3.38. The van der Waals surface area contributed by atoms with Crippen LogP contribution in [0.5, 0.6) is 0 Å². The molecule has 1 atom stereocenters. The lowest BCUT2D eigenvalue weighted by Gasteiger charge is -2.30. The van der Waals surface area contributed by atoms with Crippen molar-refractivity contribution in [3.05, 3.63) is 72.4 Å². The molecule has 0 N–H and O–H groups in total. The maximum Gasteiger partial charge on any atom is 0.0720 e. The fraction of sp³-hybridized carbons (Fsp3) is 0.318. The SMILES string of the molecule is CCON1c2ccccc2C(C)(C)C1C.c1ccc2ncccc2c1. The predicted molar refractivity (Wildman–Crippen MR) is 105 cm³/mol. The predicted octanol–water partition coefficient (Wildman–Crippen LogP) is 5.36. The molecule has 3 aromatic rings. The highest BCUT2D eigenvalue weighted by Gasteiger charge is 2.42. The van der Waals surface area contributed by atoms with Crippen LogP contribution in [-0.4, -0.2) is 17.6 Å². The van der Waals surface area contributed by atoms with E-state index in [1.807, 2.05) is 37.4 Å². The fourth-order valence-corrected chi connectivity index (χ4v) is 3.27. The zero-order valence-corrected chi connectivity index (χ0v) is 15.4. The molecule has 1 aromatic heterocycles. The first-order chi connectivity index (χ1) is 12.1. The maximum atomic E-state index is 5.71. The van der Waals surface area contributed by atoms with Gasteiger partial charge in [0.1, 0.15) is 0 Å². The Kier molecular flexibility index (Phi) is 5.05. The van der Waals surface area contributed by atoms with Crippen molar-refractivity contribution in [2.75, 3.05) is 11.7 Å². The average Bonchev–Trinajstić information content (AvgIpc) is 2.84. The van der Waals surface area contributed by atoms with E-state index in [2.05, 4.69) is 67.2 Å². The van der Waals surface area contributed by atoms with Crippen LogP contribution in [0.1, 0.15) is 33.3 Å². The number of hydroxylamine groups is 1. The summed E-state index contributed by atoms with van der Waals surface area (Å²) in [5.41, 5.74) is 3.82. The van der Waals surface area contributed by atoms with Gasteiger partial charge in [-0.1, -0.05) is 56.3 Å². The zero-order valence-electron chi connectivity index (χ0n) is 15.4. The monoisotopic (exact) mass is 334 g/mol. The maximum absolute atomic E-state index is 5.71. The Balaban J connectivity index is 0.000000157. The van der Waals surface area contributed by atoms with Crippen molar-refractivity contribution in [2.45, 2.75) is 39.2 Å². The smallest absolute Gasteiger partial charge is 0.0720 e. The van der Waals surface area contributed by atoms with Crippen LogP contribution in [0.15, 0.2) is 66.9 Å². The summed E-state index contributed by atoms with van der Waals surface area (Å²) in [7, 11) is 0. The number of hydrogen-bond donors (Lipinski definition) is 0. The van der Waals surface area contributed by atoms with Gasteiger partial charge in [0.25, 0.3) is 0 Å². The van der Waals surface area contributed by atoms with Crippen molar-refractivity contribution in [1.29, 1.82) is 0 Å². The Hall–Kier alpha value is -2.39. The number of anilines is 1. The lowest BCUT2D eigenvalue weighted by Crippen LogP contribution is -2.38. The third-order valence-corrected chi connectivity index (χ3v) is 5.01. The molecule has 1 aliphatic rings. The largest absolute Gasteiger partial charge is 0.273 e. The summed E-state index contributed by atoms with van der Waals surface area (Å²) in [5.74, 6) is 0. The van der Waals surface area contributed by atoms with Gasteiger partial charge in [-0.25, -0.2) is 0 Å². The molecule has 4 rings (SSSR count). The molecular formula is C22H26N2O. The second kappa shape index (κ2) is 7.24. The Labute approximate surface area is 150 Å². The van der Waals surface area contributed by atoms with Gasteiger partial charge in [-0.05, 0) is 37.6 Å². The molecule has 25 heavy (non-hydrogen) atoms. The van der Waals surface area contributed by atoms with Crippen molar-refractivity contribution in [3.8, 4) is 0 Å². The van der Waals surface area contributed by atoms with Gasteiger partial charge in [-0.15, -0.1) is 0 Å². The van der Waals surface area contributed by atoms with Gasteiger partial charge >= 0.3 is 0 Å². The van der Waals surface area contributed by atoms with Crippen LogP contribution >= 0.6 is 0 Å². The molecule has 0 saturated carbocycles. The second-order valence-corrected chi connectivity index (χ2v) is 6.85. The van der Waals surface area contributed by atoms with Gasteiger partial charge in [-0.3, -0.25) is 14.9 Å². The highest BCUT2D eigenvalue weighted by Crippen LogP contribution is 2.44. The van der Waals surface area contributed by atoms with Gasteiger partial charge in [0.2, 0.25) is 0 Å². The van der Waals surface area contributed by atoms with Crippen molar-refractivity contribution in [3.63, 3.8) is 0 Å². The van der Waals surface area contributed by atoms with Gasteiger partial charge in [-0.2, -0.15) is 0 Å². The van der Waals surface area contributed by atoms with E-state index in [1.54, 1.807) is 0 Å². The van der Waals surface area contributed by atoms with E-state index in [9.17, 15) is 0 Å². The number of aromatic nitrogens is 1. The van der Waals surface area contributed by atoms with Crippen molar-refractivity contribution in [2.24, 2.45) is 0 Å². The Morgan fingerprint density at radius 1 is 1.00 bits per heavy atom. The molecule has 0 aliphatic carbocycles. The molecule has 0 radical (unpaired) electrons. The van der Waals surface area contributed by atoms with Crippen LogP contribution in [0.4, 0.5) is 5.69 Å². The van der Waals surface area contributed by atoms with Crippen LogP contribution < -0.4 is 5.06 Å². The molecule has 0 fully saturated rings. The van der Waals surface area contributed by atoms with Crippen molar-refractivity contribution < 1.29 is 4.84 Å². The number of fused-ring (bicyclic) bond motifs is 2. The molecule has 130 valence electrons. The van der Waals surface area contributed by atoms with E-state index >= 15 is 0 Å². The summed E-state index contributed by atoms with van der Waals surface area (Å²) < 4.78 is 0. The van der Waals surface area contributed by atoms with E-state index in [1.165, 1.54) is 16.6 Å². The molecule has 3 heteroatoms. The summed E-state index contributed by atoms with van der Waals surface area (Å²) in [6.07, 6.45) is 1.81. The van der Waals surface area contributed by atoms with E-state index in [-0.39, 0.29) is 5.41 Å². The number of rotatable bonds is 2. The van der Waals surface area contributed by atoms with Crippen LogP contribution in [0.25, 0.3) is 10.9 Å². The lowest BCUT2D eigenvalue weighted by molar-refractivity contribution is 0.0940. The van der Waals surface area contributed by atoms with Crippen molar-refractivity contribution in [1.82, 2.24) is 4.98 Å². The summed E-state index contributed by atoms with van der Waals surface area (Å²) in [6, 6.07) is 21.0. The first-order valence-corrected chi connectivity index (χ1v) is 8.87. The highest BCUT2D eigenvalue weighted by atomic mass is 16.7. The second-order valence-electron chi connectivity index (χ2n) is 6.85. The quantitative estimate of drug-likeness (QED) is 0.631. The molecule has 0 amide bonds. The summed E-state index contributed by atoms with van der Waals surface area (Å²) >= 11 is 0. The number of pyridine rings is 1. The summed E-state index contributed by atoms with van der Waals surface area (Å²) in [6.45, 7) is 9.51. The summed E-state index contributed by atoms with van der Waals surface area (Å²) in [5, 5.41) is 3.25. The molecule has 0 bridgehead atoms. The van der Waals surface area contributed by atoms with E-state index in [4.69, 9.17) is 4.84 Å². The highest BCUT2D eigenvalue weighted by molar-refractivity contribution is 5.77. The van der Waals surface area contributed by atoms with E-state index in [0.29, 0.717) is 6.04 Å². The fourth-order valence-electron chi connectivity index (χ4n) is 3.27. The number of para-hydroxylation sites is 2. The minimum Gasteiger partial charge on any atom is -0.273 e. The Morgan fingerprint density at radius 2 is 1.68 bits per heavy atom. The topological polar surface area (TPSA) is 25.4 Å². The minimum absolute atomic E-state index is 0.158. The molecule has 1 unspecified atom stereocenters. The van der Waals surface area contributed by atoms with Crippen LogP contribution in [-0.2, 0) is 10.3 Å². The van der Waals surface area contributed by atoms with Crippen LogP contribution in [0, 0.1) is 0 Å². The molecule has 0 spiro atoms. The van der Waals surface area contributed by atoms with Crippen molar-refractivity contribution >= 4 is 16.6 Å². The third-order valence-electron chi connectivity index (χ3n) is 5.01. The summed E-state index contributed by atoms with van der Waals surface area (Å²) in [4.78, 5) is 9.89. The Bertz CT molecular complexity index is 779. The number of nitrogens with zero attached hydrogens (tertiary/aromatic N) is 2. The first kappa shape index (κ1) is 17.4. The van der Waals surface area contributed by atoms with E-state index < -0.39 is 0 Å². The lowest BCUT2D eigenvalue weighted by atomic mass is 9.81. The minimum atomic E-state index is 0.158.